The number of unbranched alkanes of at least 4 members (excludes halogenated alkanes) is 1. The van der Waals surface area contributed by atoms with E-state index in [0.29, 0.717) is 23.3 Å². The summed E-state index contributed by atoms with van der Waals surface area (Å²) in [6.07, 6.45) is 5.33. The standard InChI is InChI=1S/C22H23N3O2/c1-2-3-5-14-21(26)25(15-17-10-6-4-7-11-17)16-20-23-19-13-9-8-12-18(19)22(27)24-20/h4-14H,2-3,15-16H2,1H3,(H,23,24,27)/b14-5+. The smallest absolute Gasteiger partial charge is 0.258 e. The second-order valence-corrected chi connectivity index (χ2v) is 6.40. The minimum absolute atomic E-state index is 0.0943. The average Bonchev–Trinajstić information content (AvgIpc) is 2.68. The van der Waals surface area contributed by atoms with E-state index in [9.17, 15) is 9.59 Å². The highest BCUT2D eigenvalue weighted by Crippen LogP contribution is 2.11. The van der Waals surface area contributed by atoms with Gasteiger partial charge in [-0.15, -0.1) is 0 Å². The van der Waals surface area contributed by atoms with Gasteiger partial charge in [0, 0.05) is 6.54 Å². The SMILES string of the molecule is CCC/C=C/C(=O)N(Cc1ccccc1)Cc1nc2ccccc2c(=O)[nH]1. The Labute approximate surface area is 158 Å². The zero-order valence-corrected chi connectivity index (χ0v) is 15.4. The molecule has 1 aromatic heterocycles. The van der Waals surface area contributed by atoms with Gasteiger partial charge in [0.15, 0.2) is 0 Å². The van der Waals surface area contributed by atoms with Gasteiger partial charge in [0.2, 0.25) is 5.91 Å². The number of carbonyl (C=O) groups excluding carboxylic acids is 1. The Morgan fingerprint density at radius 2 is 1.81 bits per heavy atom. The third-order valence-electron chi connectivity index (χ3n) is 4.25. The molecule has 27 heavy (non-hydrogen) atoms. The van der Waals surface area contributed by atoms with Crippen LogP contribution in [-0.4, -0.2) is 20.8 Å². The first-order chi connectivity index (χ1) is 13.2. The van der Waals surface area contributed by atoms with Gasteiger partial charge in [-0.3, -0.25) is 9.59 Å². The number of carbonyl (C=O) groups is 1. The maximum Gasteiger partial charge on any atom is 0.258 e. The summed E-state index contributed by atoms with van der Waals surface area (Å²) in [5.74, 6) is 0.384. The minimum Gasteiger partial charge on any atom is -0.327 e. The number of H-pyrrole nitrogens is 1. The van der Waals surface area contributed by atoms with Crippen molar-refractivity contribution < 1.29 is 4.79 Å². The van der Waals surface area contributed by atoms with Crippen molar-refractivity contribution in [2.75, 3.05) is 0 Å². The second-order valence-electron chi connectivity index (χ2n) is 6.40. The molecule has 1 amide bonds. The summed E-state index contributed by atoms with van der Waals surface area (Å²) >= 11 is 0. The zero-order chi connectivity index (χ0) is 19.1. The number of amides is 1. The van der Waals surface area contributed by atoms with Crippen LogP contribution in [0.4, 0.5) is 0 Å². The first-order valence-electron chi connectivity index (χ1n) is 9.14. The molecule has 0 aliphatic rings. The summed E-state index contributed by atoms with van der Waals surface area (Å²) in [5.41, 5.74) is 1.46. The van der Waals surface area contributed by atoms with Gasteiger partial charge in [0.25, 0.3) is 5.56 Å². The highest BCUT2D eigenvalue weighted by atomic mass is 16.2. The third-order valence-corrected chi connectivity index (χ3v) is 4.25. The Bertz CT molecular complexity index is 993. The number of rotatable bonds is 7. The Hall–Kier alpha value is -3.21. The van der Waals surface area contributed by atoms with Gasteiger partial charge in [-0.25, -0.2) is 4.98 Å². The minimum atomic E-state index is -0.191. The van der Waals surface area contributed by atoms with Crippen molar-refractivity contribution in [1.82, 2.24) is 14.9 Å². The van der Waals surface area contributed by atoms with Gasteiger partial charge >= 0.3 is 0 Å². The molecule has 2 aromatic carbocycles. The number of para-hydroxylation sites is 1. The molecule has 3 aromatic rings. The molecule has 1 heterocycles. The van der Waals surface area contributed by atoms with Gasteiger partial charge in [-0.1, -0.05) is 61.9 Å². The molecule has 0 unspecified atom stereocenters. The van der Waals surface area contributed by atoms with Crippen molar-refractivity contribution >= 4 is 16.8 Å². The van der Waals surface area contributed by atoms with Gasteiger partial charge in [0.05, 0.1) is 17.4 Å². The van der Waals surface area contributed by atoms with Crippen LogP contribution in [0.2, 0.25) is 0 Å². The lowest BCUT2D eigenvalue weighted by atomic mass is 10.2. The van der Waals surface area contributed by atoms with Crippen molar-refractivity contribution in [2.24, 2.45) is 0 Å². The van der Waals surface area contributed by atoms with Crippen LogP contribution in [0.5, 0.6) is 0 Å². The number of aromatic nitrogens is 2. The summed E-state index contributed by atoms with van der Waals surface area (Å²) in [5, 5.41) is 0.546. The fourth-order valence-corrected chi connectivity index (χ4v) is 2.86. The van der Waals surface area contributed by atoms with Crippen LogP contribution >= 0.6 is 0 Å². The molecule has 1 N–H and O–H groups in total. The summed E-state index contributed by atoms with van der Waals surface area (Å²) in [6, 6.07) is 17.0. The Morgan fingerprint density at radius 3 is 2.59 bits per heavy atom. The molecule has 0 spiro atoms. The van der Waals surface area contributed by atoms with Crippen LogP contribution in [0.25, 0.3) is 10.9 Å². The van der Waals surface area contributed by atoms with Crippen molar-refractivity contribution in [3.05, 3.63) is 88.5 Å². The Balaban J connectivity index is 1.88. The lowest BCUT2D eigenvalue weighted by Crippen LogP contribution is -2.30. The van der Waals surface area contributed by atoms with E-state index in [1.54, 1.807) is 23.1 Å². The summed E-state index contributed by atoms with van der Waals surface area (Å²) in [4.78, 5) is 34.0. The van der Waals surface area contributed by atoms with E-state index < -0.39 is 0 Å². The number of aromatic amines is 1. The quantitative estimate of drug-likeness (QED) is 0.651. The third kappa shape index (κ3) is 4.91. The molecule has 0 saturated heterocycles. The molecule has 0 aliphatic heterocycles. The second kappa shape index (κ2) is 8.94. The number of nitrogens with one attached hydrogen (secondary N) is 1. The van der Waals surface area contributed by atoms with E-state index in [2.05, 4.69) is 16.9 Å². The van der Waals surface area contributed by atoms with E-state index in [-0.39, 0.29) is 18.0 Å². The average molecular weight is 361 g/mol. The topological polar surface area (TPSA) is 66.1 Å². The normalized spacial score (nSPS) is 11.1. The van der Waals surface area contributed by atoms with Crippen molar-refractivity contribution in [2.45, 2.75) is 32.9 Å². The predicted octanol–water partition coefficient (Wildman–Crippen LogP) is 3.81. The first-order valence-corrected chi connectivity index (χ1v) is 9.14. The van der Waals surface area contributed by atoms with E-state index in [0.717, 1.165) is 18.4 Å². The molecular formula is C22H23N3O2. The molecule has 0 saturated carbocycles. The highest BCUT2D eigenvalue weighted by Gasteiger charge is 2.14. The molecule has 138 valence electrons. The van der Waals surface area contributed by atoms with Crippen LogP contribution in [0, 0.1) is 0 Å². The van der Waals surface area contributed by atoms with Gasteiger partial charge in [0.1, 0.15) is 5.82 Å². The molecule has 0 bridgehead atoms. The molecule has 5 nitrogen and oxygen atoms in total. The maximum absolute atomic E-state index is 12.7. The molecule has 0 atom stereocenters. The van der Waals surface area contributed by atoms with E-state index >= 15 is 0 Å². The Morgan fingerprint density at radius 1 is 1.07 bits per heavy atom. The van der Waals surface area contributed by atoms with Crippen LogP contribution < -0.4 is 5.56 Å². The lowest BCUT2D eigenvalue weighted by Gasteiger charge is -2.21. The van der Waals surface area contributed by atoms with E-state index in [1.807, 2.05) is 48.5 Å². The van der Waals surface area contributed by atoms with Crippen LogP contribution in [0.15, 0.2) is 71.5 Å². The predicted molar refractivity (Wildman–Crippen MR) is 107 cm³/mol. The van der Waals surface area contributed by atoms with Gasteiger partial charge in [-0.2, -0.15) is 0 Å². The summed E-state index contributed by atoms with van der Waals surface area (Å²) < 4.78 is 0. The van der Waals surface area contributed by atoms with Crippen molar-refractivity contribution in [3.63, 3.8) is 0 Å². The number of allylic oxidation sites excluding steroid dienone is 1. The first kappa shape index (κ1) is 18.6. The fourth-order valence-electron chi connectivity index (χ4n) is 2.86. The number of nitrogens with zero attached hydrogens (tertiary/aromatic N) is 2. The molecule has 0 radical (unpaired) electrons. The van der Waals surface area contributed by atoms with Crippen LogP contribution in [0.1, 0.15) is 31.2 Å². The van der Waals surface area contributed by atoms with Crippen LogP contribution in [0.3, 0.4) is 0 Å². The van der Waals surface area contributed by atoms with Gasteiger partial charge < -0.3 is 9.88 Å². The number of fused-ring (bicyclic) bond motifs is 1. The molecule has 3 rings (SSSR count). The molecule has 5 heteroatoms. The maximum atomic E-state index is 12.7. The van der Waals surface area contributed by atoms with Crippen molar-refractivity contribution in [3.8, 4) is 0 Å². The molecule has 0 fully saturated rings. The zero-order valence-electron chi connectivity index (χ0n) is 15.4. The summed E-state index contributed by atoms with van der Waals surface area (Å²) in [6.45, 7) is 2.76. The number of hydrogen-bond acceptors (Lipinski definition) is 3. The number of benzene rings is 2. The van der Waals surface area contributed by atoms with Gasteiger partial charge in [-0.05, 0) is 30.2 Å². The monoisotopic (exact) mass is 361 g/mol. The molecular weight excluding hydrogens is 338 g/mol. The summed E-state index contributed by atoms with van der Waals surface area (Å²) in [7, 11) is 0. The fraction of sp³-hybridized carbons (Fsp3) is 0.227. The van der Waals surface area contributed by atoms with E-state index in [1.165, 1.54) is 0 Å². The lowest BCUT2D eigenvalue weighted by molar-refractivity contribution is -0.127. The Kier molecular flexibility index (Phi) is 6.15. The largest absolute Gasteiger partial charge is 0.327 e. The molecule has 0 aliphatic carbocycles. The number of hydrogen-bond donors (Lipinski definition) is 1. The highest BCUT2D eigenvalue weighted by molar-refractivity contribution is 5.87. The van der Waals surface area contributed by atoms with Crippen molar-refractivity contribution in [1.29, 1.82) is 0 Å². The van der Waals surface area contributed by atoms with Crippen LogP contribution in [-0.2, 0) is 17.9 Å². The van der Waals surface area contributed by atoms with E-state index in [4.69, 9.17) is 0 Å².